The Balaban J connectivity index is 2.59. The van der Waals surface area contributed by atoms with Crippen LogP contribution in [0.25, 0.3) is 0 Å². The molecule has 0 aliphatic carbocycles. The Hall–Kier alpha value is -1.12. The number of nitrogens with two attached hydrogens (primary N) is 1. The van der Waals surface area contributed by atoms with Gasteiger partial charge in [0.1, 0.15) is 11.0 Å². The summed E-state index contributed by atoms with van der Waals surface area (Å²) in [5, 5.41) is 11.6. The summed E-state index contributed by atoms with van der Waals surface area (Å²) in [6.07, 6.45) is 0.292. The molecule has 0 spiro atoms. The molecule has 1 atom stereocenters. The number of hydrogen-bond acceptors (Lipinski definition) is 6. The van der Waals surface area contributed by atoms with Crippen molar-refractivity contribution in [1.82, 2.24) is 9.88 Å². The highest BCUT2D eigenvalue weighted by molar-refractivity contribution is 7.99. The van der Waals surface area contributed by atoms with Crippen LogP contribution in [-0.2, 0) is 21.8 Å². The van der Waals surface area contributed by atoms with Crippen LogP contribution in [0.5, 0.6) is 0 Å². The minimum absolute atomic E-state index is 0.0109. The zero-order valence-corrected chi connectivity index (χ0v) is 14.3. The van der Waals surface area contributed by atoms with Crippen molar-refractivity contribution < 1.29 is 14.7 Å². The van der Waals surface area contributed by atoms with Gasteiger partial charge in [-0.15, -0.1) is 23.1 Å². The predicted octanol–water partition coefficient (Wildman–Crippen LogP) is 1.20. The lowest BCUT2D eigenvalue weighted by atomic mass is 10.1. The molecular formula is C13H21N3O3S2. The third-order valence-electron chi connectivity index (χ3n) is 3.01. The number of carbonyl (C=O) groups excluding carboxylic acids is 1. The fourth-order valence-corrected chi connectivity index (χ4v) is 3.27. The van der Waals surface area contributed by atoms with Gasteiger partial charge in [0.15, 0.2) is 0 Å². The van der Waals surface area contributed by atoms with Gasteiger partial charge in [0, 0.05) is 30.0 Å². The lowest BCUT2D eigenvalue weighted by Crippen LogP contribution is -2.46. The highest BCUT2D eigenvalue weighted by atomic mass is 32.2. The summed E-state index contributed by atoms with van der Waals surface area (Å²) in [5.74, 6) is -0.430. The predicted molar refractivity (Wildman–Crippen MR) is 85.5 cm³/mol. The molecule has 8 heteroatoms. The van der Waals surface area contributed by atoms with Gasteiger partial charge in [0.05, 0.1) is 12.1 Å². The Bertz CT molecular complexity index is 515. The maximum absolute atomic E-state index is 11.6. The van der Waals surface area contributed by atoms with E-state index in [0.29, 0.717) is 12.2 Å². The quantitative estimate of drug-likeness (QED) is 0.779. The average Bonchev–Trinajstić information content (AvgIpc) is 2.83. The molecule has 0 radical (unpaired) electrons. The number of thioether (sulfide) groups is 1. The molecular weight excluding hydrogens is 310 g/mol. The number of aromatic nitrogens is 1. The van der Waals surface area contributed by atoms with Crippen LogP contribution < -0.4 is 5.73 Å². The van der Waals surface area contributed by atoms with E-state index in [-0.39, 0.29) is 5.91 Å². The summed E-state index contributed by atoms with van der Waals surface area (Å²) in [5.41, 5.74) is 6.52. The first-order valence-corrected chi connectivity index (χ1v) is 8.25. The van der Waals surface area contributed by atoms with Crippen LogP contribution in [0.3, 0.4) is 0 Å². The van der Waals surface area contributed by atoms with E-state index in [0.717, 1.165) is 10.7 Å². The fourth-order valence-electron chi connectivity index (χ4n) is 1.43. The standard InChI is InChI=1S/C13H21N3O3S2/c1-13(2,11(14)12(18)19)21-7-8-6-20-9(15-8)5-10(17)16(3)4/h6,11H,5,7,14H2,1-4H3,(H,18,19)/t11-/m0/s1. The molecule has 3 N–H and O–H groups in total. The number of thiazole rings is 1. The second kappa shape index (κ2) is 7.24. The molecule has 1 rings (SSSR count). The molecule has 0 bridgehead atoms. The molecule has 21 heavy (non-hydrogen) atoms. The summed E-state index contributed by atoms with van der Waals surface area (Å²) in [4.78, 5) is 28.5. The lowest BCUT2D eigenvalue weighted by molar-refractivity contribution is -0.139. The van der Waals surface area contributed by atoms with Crippen molar-refractivity contribution in [3.63, 3.8) is 0 Å². The van der Waals surface area contributed by atoms with E-state index in [9.17, 15) is 9.59 Å². The topological polar surface area (TPSA) is 96.5 Å². The molecule has 1 aromatic rings. The normalized spacial score (nSPS) is 13.0. The summed E-state index contributed by atoms with van der Waals surface area (Å²) < 4.78 is -0.588. The minimum Gasteiger partial charge on any atom is -0.480 e. The Morgan fingerprint density at radius 2 is 2.14 bits per heavy atom. The number of hydrogen-bond donors (Lipinski definition) is 2. The van der Waals surface area contributed by atoms with Crippen LogP contribution in [0, 0.1) is 0 Å². The van der Waals surface area contributed by atoms with Crippen LogP contribution in [0.15, 0.2) is 5.38 Å². The van der Waals surface area contributed by atoms with Crippen molar-refractivity contribution in [2.24, 2.45) is 5.73 Å². The van der Waals surface area contributed by atoms with Crippen LogP contribution in [0.1, 0.15) is 24.5 Å². The average molecular weight is 331 g/mol. The molecule has 0 saturated carbocycles. The van der Waals surface area contributed by atoms with Crippen molar-refractivity contribution >= 4 is 35.0 Å². The Labute approximate surface area is 132 Å². The summed E-state index contributed by atoms with van der Waals surface area (Å²) in [7, 11) is 3.42. The third-order valence-corrected chi connectivity index (χ3v) is 5.34. The number of carboxylic acids is 1. The third kappa shape index (κ3) is 5.29. The van der Waals surface area contributed by atoms with Gasteiger partial charge >= 0.3 is 5.97 Å². The van der Waals surface area contributed by atoms with Crippen molar-refractivity contribution in [1.29, 1.82) is 0 Å². The largest absolute Gasteiger partial charge is 0.480 e. The van der Waals surface area contributed by atoms with Crippen molar-refractivity contribution in [2.45, 2.75) is 36.8 Å². The van der Waals surface area contributed by atoms with E-state index in [1.54, 1.807) is 27.9 Å². The molecule has 0 aliphatic rings. The van der Waals surface area contributed by atoms with Crippen molar-refractivity contribution in [3.8, 4) is 0 Å². The maximum Gasteiger partial charge on any atom is 0.321 e. The number of likely N-dealkylation sites (N-methyl/N-ethyl adjacent to an activating group) is 1. The Morgan fingerprint density at radius 1 is 1.52 bits per heavy atom. The molecule has 0 saturated heterocycles. The number of carbonyl (C=O) groups is 2. The SMILES string of the molecule is CN(C)C(=O)Cc1nc(CSC(C)(C)[C@@H](N)C(=O)O)cs1. The van der Waals surface area contributed by atoms with E-state index >= 15 is 0 Å². The minimum atomic E-state index is -1.01. The van der Waals surface area contributed by atoms with Crippen molar-refractivity contribution in [3.05, 3.63) is 16.1 Å². The molecule has 1 amide bonds. The zero-order valence-electron chi connectivity index (χ0n) is 12.6. The van der Waals surface area contributed by atoms with Crippen LogP contribution in [0.2, 0.25) is 0 Å². The highest BCUT2D eigenvalue weighted by Gasteiger charge is 2.32. The molecule has 1 heterocycles. The van der Waals surface area contributed by atoms with Crippen LogP contribution >= 0.6 is 23.1 Å². The Morgan fingerprint density at radius 3 is 2.67 bits per heavy atom. The molecule has 0 fully saturated rings. The van der Waals surface area contributed by atoms with Gasteiger partial charge in [-0.05, 0) is 13.8 Å². The number of aliphatic carboxylic acids is 1. The van der Waals surface area contributed by atoms with E-state index in [2.05, 4.69) is 4.98 Å². The van der Waals surface area contributed by atoms with Gasteiger partial charge in [-0.2, -0.15) is 0 Å². The van der Waals surface area contributed by atoms with Gasteiger partial charge in [0.25, 0.3) is 0 Å². The summed E-state index contributed by atoms with van der Waals surface area (Å²) >= 11 is 2.89. The second-order valence-electron chi connectivity index (χ2n) is 5.41. The van der Waals surface area contributed by atoms with E-state index in [1.165, 1.54) is 28.0 Å². The summed E-state index contributed by atoms with van der Waals surface area (Å²) in [6.45, 7) is 3.61. The number of nitrogens with zero attached hydrogens (tertiary/aromatic N) is 2. The van der Waals surface area contributed by atoms with E-state index in [1.807, 2.05) is 5.38 Å². The second-order valence-corrected chi connectivity index (χ2v) is 7.98. The van der Waals surface area contributed by atoms with Crippen LogP contribution in [-0.4, -0.2) is 51.8 Å². The first-order chi connectivity index (χ1) is 9.63. The number of rotatable bonds is 7. The molecule has 0 unspecified atom stereocenters. The number of carboxylic acid groups (broad SMARTS) is 1. The molecule has 6 nitrogen and oxygen atoms in total. The van der Waals surface area contributed by atoms with Gasteiger partial charge in [0.2, 0.25) is 5.91 Å². The fraction of sp³-hybridized carbons (Fsp3) is 0.615. The summed E-state index contributed by atoms with van der Waals surface area (Å²) in [6, 6.07) is -0.934. The maximum atomic E-state index is 11.6. The molecule has 118 valence electrons. The molecule has 0 aromatic carbocycles. The molecule has 0 aliphatic heterocycles. The van der Waals surface area contributed by atoms with Crippen molar-refractivity contribution in [2.75, 3.05) is 14.1 Å². The molecule has 1 aromatic heterocycles. The number of amides is 1. The first-order valence-electron chi connectivity index (χ1n) is 6.39. The smallest absolute Gasteiger partial charge is 0.321 e. The lowest BCUT2D eigenvalue weighted by Gasteiger charge is -2.27. The zero-order chi connectivity index (χ0) is 16.2. The monoisotopic (exact) mass is 331 g/mol. The Kier molecular flexibility index (Phi) is 6.18. The van der Waals surface area contributed by atoms with E-state index in [4.69, 9.17) is 10.8 Å². The van der Waals surface area contributed by atoms with Gasteiger partial charge in [-0.3, -0.25) is 9.59 Å². The first kappa shape index (κ1) is 17.9. The van der Waals surface area contributed by atoms with Gasteiger partial charge in [-0.25, -0.2) is 4.98 Å². The van der Waals surface area contributed by atoms with Crippen LogP contribution in [0.4, 0.5) is 0 Å². The van der Waals surface area contributed by atoms with Gasteiger partial charge < -0.3 is 15.7 Å². The van der Waals surface area contributed by atoms with E-state index < -0.39 is 16.8 Å². The van der Waals surface area contributed by atoms with Gasteiger partial charge in [-0.1, -0.05) is 0 Å². The highest BCUT2D eigenvalue weighted by Crippen LogP contribution is 2.31.